The molecule has 0 aromatic heterocycles. The number of carbonyl (C=O) groups excluding carboxylic acids is 1. The third kappa shape index (κ3) is 5.04. The molecule has 0 saturated carbocycles. The second-order valence-electron chi connectivity index (χ2n) is 5.43. The van der Waals surface area contributed by atoms with Gasteiger partial charge in [-0.15, -0.1) is 11.8 Å². The number of thioether (sulfide) groups is 1. The van der Waals surface area contributed by atoms with E-state index >= 15 is 0 Å². The molecule has 0 saturated heterocycles. The maximum Gasteiger partial charge on any atom is 0.234 e. The lowest BCUT2D eigenvalue weighted by Crippen LogP contribution is -2.14. The van der Waals surface area contributed by atoms with Gasteiger partial charge in [-0.05, 0) is 42.5 Å². The molecule has 0 radical (unpaired) electrons. The van der Waals surface area contributed by atoms with Crippen LogP contribution in [-0.2, 0) is 4.79 Å². The summed E-state index contributed by atoms with van der Waals surface area (Å²) in [4.78, 5) is 13.3. The molecule has 3 aromatic rings. The number of anilines is 1. The van der Waals surface area contributed by atoms with Crippen LogP contribution in [0.5, 0.6) is 17.2 Å². The van der Waals surface area contributed by atoms with Gasteiger partial charge in [-0.3, -0.25) is 4.79 Å². The fourth-order valence-electron chi connectivity index (χ4n) is 2.30. The first kappa shape index (κ1) is 17.9. The van der Waals surface area contributed by atoms with E-state index in [-0.39, 0.29) is 5.91 Å². The zero-order valence-corrected chi connectivity index (χ0v) is 15.2. The quantitative estimate of drug-likeness (QED) is 0.583. The van der Waals surface area contributed by atoms with Crippen LogP contribution >= 0.6 is 11.8 Å². The van der Waals surface area contributed by atoms with Crippen molar-refractivity contribution in [3.63, 3.8) is 0 Å². The van der Waals surface area contributed by atoms with Gasteiger partial charge in [-0.1, -0.05) is 36.4 Å². The van der Waals surface area contributed by atoms with Crippen molar-refractivity contribution in [1.29, 1.82) is 0 Å². The average molecular weight is 365 g/mol. The van der Waals surface area contributed by atoms with E-state index < -0.39 is 0 Å². The average Bonchev–Trinajstić information content (AvgIpc) is 2.69. The normalized spacial score (nSPS) is 10.2. The Morgan fingerprint density at radius 1 is 0.923 bits per heavy atom. The van der Waals surface area contributed by atoms with Crippen LogP contribution in [0.2, 0.25) is 0 Å². The zero-order valence-electron chi connectivity index (χ0n) is 14.3. The van der Waals surface area contributed by atoms with Gasteiger partial charge in [-0.2, -0.15) is 0 Å². The van der Waals surface area contributed by atoms with Crippen LogP contribution in [0.4, 0.5) is 5.69 Å². The van der Waals surface area contributed by atoms with E-state index in [9.17, 15) is 4.79 Å². The lowest BCUT2D eigenvalue weighted by molar-refractivity contribution is -0.113. The SMILES string of the molecule is COc1cccc(SCC(=O)Nc2ccccc2Oc2ccccc2)c1. The lowest BCUT2D eigenvalue weighted by Gasteiger charge is -2.12. The van der Waals surface area contributed by atoms with Gasteiger partial charge in [-0.25, -0.2) is 0 Å². The standard InChI is InChI=1S/C21H19NO3S/c1-24-17-10-7-11-18(14-17)26-15-21(23)22-19-12-5-6-13-20(19)25-16-8-3-2-4-9-16/h2-14H,15H2,1H3,(H,22,23). The van der Waals surface area contributed by atoms with Crippen LogP contribution in [0.25, 0.3) is 0 Å². The molecule has 0 aliphatic rings. The van der Waals surface area contributed by atoms with E-state index in [2.05, 4.69) is 5.32 Å². The Labute approximate surface area is 157 Å². The number of benzene rings is 3. The number of hydrogen-bond acceptors (Lipinski definition) is 4. The number of rotatable bonds is 7. The number of para-hydroxylation sites is 3. The number of amides is 1. The molecule has 3 aromatic carbocycles. The fraction of sp³-hybridized carbons (Fsp3) is 0.0952. The first-order valence-corrected chi connectivity index (χ1v) is 9.12. The van der Waals surface area contributed by atoms with Gasteiger partial charge in [0.2, 0.25) is 5.91 Å². The third-order valence-electron chi connectivity index (χ3n) is 3.54. The highest BCUT2D eigenvalue weighted by atomic mass is 32.2. The van der Waals surface area contributed by atoms with Crippen molar-refractivity contribution in [2.75, 3.05) is 18.2 Å². The summed E-state index contributed by atoms with van der Waals surface area (Å²) < 4.78 is 11.1. The molecule has 1 N–H and O–H groups in total. The fourth-order valence-corrected chi connectivity index (χ4v) is 3.04. The summed E-state index contributed by atoms with van der Waals surface area (Å²) in [5, 5.41) is 2.91. The summed E-state index contributed by atoms with van der Waals surface area (Å²) in [7, 11) is 1.63. The highest BCUT2D eigenvalue weighted by Gasteiger charge is 2.09. The molecule has 0 aliphatic heterocycles. The van der Waals surface area contributed by atoms with Gasteiger partial charge < -0.3 is 14.8 Å². The summed E-state index contributed by atoms with van der Waals surface area (Å²) in [6.07, 6.45) is 0. The van der Waals surface area contributed by atoms with Crippen molar-refractivity contribution in [1.82, 2.24) is 0 Å². The molecule has 3 rings (SSSR count). The Balaban J connectivity index is 1.62. The van der Waals surface area contributed by atoms with Crippen molar-refractivity contribution in [2.24, 2.45) is 0 Å². The largest absolute Gasteiger partial charge is 0.497 e. The molecular weight excluding hydrogens is 346 g/mol. The minimum atomic E-state index is -0.0954. The molecule has 132 valence electrons. The van der Waals surface area contributed by atoms with Gasteiger partial charge >= 0.3 is 0 Å². The minimum Gasteiger partial charge on any atom is -0.497 e. The van der Waals surface area contributed by atoms with Gasteiger partial charge in [0.15, 0.2) is 5.75 Å². The van der Waals surface area contributed by atoms with Crippen LogP contribution in [0.15, 0.2) is 83.8 Å². The molecule has 4 nitrogen and oxygen atoms in total. The van der Waals surface area contributed by atoms with Gasteiger partial charge in [0.25, 0.3) is 0 Å². The number of nitrogens with one attached hydrogen (secondary N) is 1. The van der Waals surface area contributed by atoms with Gasteiger partial charge in [0, 0.05) is 4.90 Å². The first-order chi connectivity index (χ1) is 12.7. The molecule has 1 amide bonds. The zero-order chi connectivity index (χ0) is 18.2. The van der Waals surface area contributed by atoms with Crippen LogP contribution in [0.3, 0.4) is 0 Å². The van der Waals surface area contributed by atoms with E-state index in [0.29, 0.717) is 17.2 Å². The van der Waals surface area contributed by atoms with Crippen LogP contribution in [-0.4, -0.2) is 18.8 Å². The molecule has 0 atom stereocenters. The van der Waals surface area contributed by atoms with E-state index in [1.54, 1.807) is 7.11 Å². The van der Waals surface area contributed by atoms with Crippen molar-refractivity contribution >= 4 is 23.4 Å². The monoisotopic (exact) mass is 365 g/mol. The molecule has 0 bridgehead atoms. The summed E-state index contributed by atoms with van der Waals surface area (Å²) in [5.41, 5.74) is 0.646. The summed E-state index contributed by atoms with van der Waals surface area (Å²) in [6.45, 7) is 0. The minimum absolute atomic E-state index is 0.0954. The predicted octanol–water partition coefficient (Wildman–Crippen LogP) is 5.22. The molecule has 26 heavy (non-hydrogen) atoms. The second kappa shape index (κ2) is 8.97. The lowest BCUT2D eigenvalue weighted by atomic mass is 10.3. The smallest absolute Gasteiger partial charge is 0.234 e. The van der Waals surface area contributed by atoms with E-state index in [1.165, 1.54) is 11.8 Å². The number of hydrogen-bond donors (Lipinski definition) is 1. The number of carbonyl (C=O) groups is 1. The molecule has 0 spiro atoms. The molecule has 0 fully saturated rings. The first-order valence-electron chi connectivity index (χ1n) is 8.13. The Kier molecular flexibility index (Phi) is 6.17. The summed E-state index contributed by atoms with van der Waals surface area (Å²) in [5.74, 6) is 2.31. The Bertz CT molecular complexity index is 868. The van der Waals surface area contributed by atoms with Crippen LogP contribution in [0.1, 0.15) is 0 Å². The maximum absolute atomic E-state index is 12.3. The summed E-state index contributed by atoms with van der Waals surface area (Å²) in [6, 6.07) is 24.5. The topological polar surface area (TPSA) is 47.6 Å². The summed E-state index contributed by atoms with van der Waals surface area (Å²) >= 11 is 1.45. The van der Waals surface area contributed by atoms with Crippen molar-refractivity contribution in [3.8, 4) is 17.2 Å². The Hall–Kier alpha value is -2.92. The number of methoxy groups -OCH3 is 1. The second-order valence-corrected chi connectivity index (χ2v) is 6.48. The molecule has 5 heteroatoms. The van der Waals surface area contributed by atoms with E-state index in [0.717, 1.165) is 16.4 Å². The highest BCUT2D eigenvalue weighted by Crippen LogP contribution is 2.29. The molecule has 0 heterocycles. The van der Waals surface area contributed by atoms with Gasteiger partial charge in [0.1, 0.15) is 11.5 Å². The predicted molar refractivity (Wildman–Crippen MR) is 105 cm³/mol. The van der Waals surface area contributed by atoms with Crippen molar-refractivity contribution in [3.05, 3.63) is 78.9 Å². The van der Waals surface area contributed by atoms with Gasteiger partial charge in [0.05, 0.1) is 18.6 Å². The van der Waals surface area contributed by atoms with Crippen LogP contribution in [0, 0.1) is 0 Å². The van der Waals surface area contributed by atoms with Crippen LogP contribution < -0.4 is 14.8 Å². The van der Waals surface area contributed by atoms with E-state index in [1.807, 2.05) is 78.9 Å². The third-order valence-corrected chi connectivity index (χ3v) is 4.54. The molecule has 0 aliphatic carbocycles. The highest BCUT2D eigenvalue weighted by molar-refractivity contribution is 8.00. The maximum atomic E-state index is 12.3. The van der Waals surface area contributed by atoms with E-state index in [4.69, 9.17) is 9.47 Å². The number of ether oxygens (including phenoxy) is 2. The molecular formula is C21H19NO3S. The molecule has 0 unspecified atom stereocenters. The Morgan fingerprint density at radius 2 is 1.65 bits per heavy atom. The van der Waals surface area contributed by atoms with Crippen molar-refractivity contribution < 1.29 is 14.3 Å². The Morgan fingerprint density at radius 3 is 2.46 bits per heavy atom. The van der Waals surface area contributed by atoms with Crippen molar-refractivity contribution in [2.45, 2.75) is 4.90 Å².